The Morgan fingerprint density at radius 1 is 1.27 bits per heavy atom. The molecule has 0 fully saturated rings. The van der Waals surface area contributed by atoms with Crippen LogP contribution >= 0.6 is 0 Å². The van der Waals surface area contributed by atoms with Gasteiger partial charge >= 0.3 is 0 Å². The quantitative estimate of drug-likeness (QED) is 0.473. The molecule has 0 aromatic carbocycles. The van der Waals surface area contributed by atoms with Crippen molar-refractivity contribution in [3.63, 3.8) is 0 Å². The molecule has 0 radical (unpaired) electrons. The number of nitrogens with zero attached hydrogens (tertiary/aromatic N) is 1. The minimum atomic E-state index is 0.585. The van der Waals surface area contributed by atoms with Crippen molar-refractivity contribution in [2.75, 3.05) is 33.4 Å². The Morgan fingerprint density at radius 3 is 2.60 bits per heavy atom. The molecule has 0 heterocycles. The van der Waals surface area contributed by atoms with Crippen LogP contribution in [0.2, 0.25) is 0 Å². The third-order valence-electron chi connectivity index (χ3n) is 1.98. The summed E-state index contributed by atoms with van der Waals surface area (Å²) < 4.78 is 5.39. The summed E-state index contributed by atoms with van der Waals surface area (Å²) in [6, 6.07) is 0. The lowest BCUT2D eigenvalue weighted by Gasteiger charge is -2.18. The second kappa shape index (κ2) is 10.0. The second-order valence-corrected chi connectivity index (χ2v) is 4.27. The van der Waals surface area contributed by atoms with Crippen LogP contribution in [-0.2, 0) is 4.74 Å². The highest BCUT2D eigenvalue weighted by atomic mass is 16.5. The lowest BCUT2D eigenvalue weighted by Crippen LogP contribution is -2.25. The fraction of sp³-hybridized carbons (Fsp3) is 0.846. The summed E-state index contributed by atoms with van der Waals surface area (Å²) in [5.41, 5.74) is 0. The molecule has 0 bridgehead atoms. The molecular weight excluding hydrogens is 186 g/mol. The second-order valence-electron chi connectivity index (χ2n) is 4.27. The Hall–Kier alpha value is -0.520. The van der Waals surface area contributed by atoms with E-state index in [2.05, 4.69) is 37.6 Å². The first kappa shape index (κ1) is 14.5. The molecule has 0 atom stereocenters. The zero-order valence-corrected chi connectivity index (χ0v) is 10.7. The van der Waals surface area contributed by atoms with Gasteiger partial charge in [-0.1, -0.05) is 26.7 Å². The Labute approximate surface area is 95.0 Å². The van der Waals surface area contributed by atoms with Crippen molar-refractivity contribution in [3.8, 4) is 11.8 Å². The molecule has 0 unspecified atom stereocenters. The van der Waals surface area contributed by atoms with Gasteiger partial charge in [0.1, 0.15) is 6.61 Å². The van der Waals surface area contributed by atoms with Crippen LogP contribution in [0, 0.1) is 17.8 Å². The van der Waals surface area contributed by atoms with E-state index < -0.39 is 0 Å². The van der Waals surface area contributed by atoms with Gasteiger partial charge in [0.15, 0.2) is 0 Å². The normalized spacial score (nSPS) is 10.5. The molecular formula is C13H25NO. The Morgan fingerprint density at radius 2 is 2.00 bits per heavy atom. The van der Waals surface area contributed by atoms with Gasteiger partial charge in [-0.05, 0) is 19.4 Å². The number of ether oxygens (including phenoxy) is 1. The van der Waals surface area contributed by atoms with Gasteiger partial charge in [-0.2, -0.15) is 0 Å². The zero-order chi connectivity index (χ0) is 11.5. The van der Waals surface area contributed by atoms with Crippen molar-refractivity contribution < 1.29 is 4.74 Å². The molecule has 0 amide bonds. The summed E-state index contributed by atoms with van der Waals surface area (Å²) in [7, 11) is 2.16. The molecule has 0 aliphatic rings. The summed E-state index contributed by atoms with van der Waals surface area (Å²) >= 11 is 0. The fourth-order valence-corrected chi connectivity index (χ4v) is 1.45. The van der Waals surface area contributed by atoms with E-state index in [1.807, 2.05) is 6.92 Å². The predicted octanol–water partition coefficient (Wildman–Crippen LogP) is 2.39. The largest absolute Gasteiger partial charge is 0.369 e. The van der Waals surface area contributed by atoms with Crippen LogP contribution in [-0.4, -0.2) is 38.3 Å². The molecule has 0 saturated carbocycles. The van der Waals surface area contributed by atoms with Crippen LogP contribution in [0.3, 0.4) is 0 Å². The lowest BCUT2D eigenvalue weighted by molar-refractivity contribution is 0.150. The highest BCUT2D eigenvalue weighted by Crippen LogP contribution is 1.96. The average Bonchev–Trinajstić information content (AvgIpc) is 2.15. The number of rotatable bonds is 7. The molecule has 15 heavy (non-hydrogen) atoms. The number of hydrogen-bond acceptors (Lipinski definition) is 2. The third-order valence-corrected chi connectivity index (χ3v) is 1.98. The van der Waals surface area contributed by atoms with E-state index in [1.165, 1.54) is 0 Å². The van der Waals surface area contributed by atoms with Gasteiger partial charge in [0.2, 0.25) is 0 Å². The monoisotopic (exact) mass is 211 g/mol. The molecule has 0 saturated heterocycles. The van der Waals surface area contributed by atoms with E-state index in [4.69, 9.17) is 4.74 Å². The number of hydrogen-bond donors (Lipinski definition) is 0. The molecule has 0 spiro atoms. The summed E-state index contributed by atoms with van der Waals surface area (Å²) in [4.78, 5) is 2.35. The fourth-order valence-electron chi connectivity index (χ4n) is 1.45. The zero-order valence-electron chi connectivity index (χ0n) is 10.7. The molecule has 0 aromatic rings. The maximum Gasteiger partial charge on any atom is 0.107 e. The first-order valence-corrected chi connectivity index (χ1v) is 5.88. The topological polar surface area (TPSA) is 12.5 Å². The molecule has 0 aliphatic heterocycles. The van der Waals surface area contributed by atoms with Crippen molar-refractivity contribution in [3.05, 3.63) is 0 Å². The van der Waals surface area contributed by atoms with E-state index in [-0.39, 0.29) is 0 Å². The van der Waals surface area contributed by atoms with Gasteiger partial charge < -0.3 is 9.64 Å². The van der Waals surface area contributed by atoms with Gasteiger partial charge in [-0.3, -0.25) is 0 Å². The van der Waals surface area contributed by atoms with Gasteiger partial charge in [-0.15, -0.1) is 5.92 Å². The standard InChI is InChI=1S/C13H25NO/c1-5-6-7-10-15-11-8-9-14(4)12-13(2)3/h13H,5,8-12H2,1-4H3. The van der Waals surface area contributed by atoms with Crippen molar-refractivity contribution in [2.45, 2.75) is 33.6 Å². The molecule has 0 N–H and O–H groups in total. The van der Waals surface area contributed by atoms with E-state index in [1.54, 1.807) is 0 Å². The van der Waals surface area contributed by atoms with Crippen LogP contribution in [0.25, 0.3) is 0 Å². The van der Waals surface area contributed by atoms with Crippen LogP contribution in [0.5, 0.6) is 0 Å². The van der Waals surface area contributed by atoms with E-state index >= 15 is 0 Å². The highest BCUT2D eigenvalue weighted by Gasteiger charge is 2.00. The van der Waals surface area contributed by atoms with Crippen LogP contribution in [0.1, 0.15) is 33.6 Å². The van der Waals surface area contributed by atoms with Crippen molar-refractivity contribution in [1.29, 1.82) is 0 Å². The van der Waals surface area contributed by atoms with Crippen molar-refractivity contribution >= 4 is 0 Å². The Bertz CT molecular complexity index is 190. The highest BCUT2D eigenvalue weighted by molar-refractivity contribution is 4.97. The molecule has 0 rings (SSSR count). The van der Waals surface area contributed by atoms with Crippen LogP contribution in [0.15, 0.2) is 0 Å². The van der Waals surface area contributed by atoms with Gasteiger partial charge in [0.05, 0.1) is 0 Å². The summed E-state index contributed by atoms with van der Waals surface area (Å²) in [5, 5.41) is 0. The van der Waals surface area contributed by atoms with Crippen LogP contribution < -0.4 is 0 Å². The SMILES string of the molecule is CCC#CCOCCCN(C)CC(C)C. The minimum absolute atomic E-state index is 0.585. The smallest absolute Gasteiger partial charge is 0.107 e. The molecule has 88 valence electrons. The van der Waals surface area contributed by atoms with Crippen molar-refractivity contribution in [2.24, 2.45) is 5.92 Å². The summed E-state index contributed by atoms with van der Waals surface area (Å²) in [6.07, 6.45) is 2.01. The minimum Gasteiger partial charge on any atom is -0.369 e. The first-order chi connectivity index (χ1) is 7.16. The van der Waals surface area contributed by atoms with Gasteiger partial charge in [0.25, 0.3) is 0 Å². The van der Waals surface area contributed by atoms with E-state index in [0.717, 1.165) is 38.5 Å². The summed E-state index contributed by atoms with van der Waals surface area (Å²) in [6.45, 7) is 10.2. The molecule has 0 aliphatic carbocycles. The van der Waals surface area contributed by atoms with E-state index in [0.29, 0.717) is 6.61 Å². The van der Waals surface area contributed by atoms with Gasteiger partial charge in [-0.25, -0.2) is 0 Å². The lowest BCUT2D eigenvalue weighted by atomic mass is 10.2. The predicted molar refractivity (Wildman–Crippen MR) is 65.8 cm³/mol. The maximum absolute atomic E-state index is 5.39. The third kappa shape index (κ3) is 11.4. The summed E-state index contributed by atoms with van der Waals surface area (Å²) in [5.74, 6) is 6.70. The first-order valence-electron chi connectivity index (χ1n) is 5.88. The molecule has 2 nitrogen and oxygen atoms in total. The van der Waals surface area contributed by atoms with Gasteiger partial charge in [0, 0.05) is 26.1 Å². The Kier molecular flexibility index (Phi) is 9.67. The Balaban J connectivity index is 3.23. The molecule has 0 aromatic heterocycles. The van der Waals surface area contributed by atoms with Crippen LogP contribution in [0.4, 0.5) is 0 Å². The van der Waals surface area contributed by atoms with E-state index in [9.17, 15) is 0 Å². The maximum atomic E-state index is 5.39. The average molecular weight is 211 g/mol. The molecule has 2 heteroatoms. The van der Waals surface area contributed by atoms with Crippen molar-refractivity contribution in [1.82, 2.24) is 4.90 Å².